The van der Waals surface area contributed by atoms with E-state index in [9.17, 15) is 9.18 Å². The predicted molar refractivity (Wildman–Crippen MR) is 107 cm³/mol. The summed E-state index contributed by atoms with van der Waals surface area (Å²) in [4.78, 5) is 21.2. The van der Waals surface area contributed by atoms with Crippen LogP contribution in [0.25, 0.3) is 11.3 Å². The van der Waals surface area contributed by atoms with E-state index in [1.807, 2.05) is 13.8 Å². The number of carbonyl (C=O) groups is 1. The molecule has 1 unspecified atom stereocenters. The summed E-state index contributed by atoms with van der Waals surface area (Å²) in [5, 5.41) is 2.81. The average Bonchev–Trinajstić information content (AvgIpc) is 3.34. The standard InChI is InChI=1S/C22H22FN3O4/c1-12-9-24-13(2)20(26-12)18-8-15(23)6-14-7-17(30-21(14)18)10-25-22(27)19-5-4-16(29-19)11-28-3/h4-6,8-9,17H,7,10-11H2,1-3H3,(H,25,27). The molecule has 0 saturated heterocycles. The average molecular weight is 411 g/mol. The van der Waals surface area contributed by atoms with Gasteiger partial charge in [-0.2, -0.15) is 0 Å². The van der Waals surface area contributed by atoms with Gasteiger partial charge in [0.15, 0.2) is 5.76 Å². The number of fused-ring (bicyclic) bond motifs is 1. The number of benzene rings is 1. The number of hydrogen-bond acceptors (Lipinski definition) is 6. The van der Waals surface area contributed by atoms with Crippen molar-refractivity contribution in [3.8, 4) is 17.0 Å². The molecule has 0 fully saturated rings. The van der Waals surface area contributed by atoms with Crippen molar-refractivity contribution in [1.82, 2.24) is 15.3 Å². The highest BCUT2D eigenvalue weighted by Crippen LogP contribution is 2.39. The van der Waals surface area contributed by atoms with Crippen molar-refractivity contribution in [2.75, 3.05) is 13.7 Å². The van der Waals surface area contributed by atoms with E-state index in [4.69, 9.17) is 13.9 Å². The van der Waals surface area contributed by atoms with Gasteiger partial charge in [-0.25, -0.2) is 9.37 Å². The van der Waals surface area contributed by atoms with E-state index in [1.165, 1.54) is 12.1 Å². The van der Waals surface area contributed by atoms with E-state index in [-0.39, 0.29) is 30.1 Å². The Hall–Kier alpha value is -3.26. The Morgan fingerprint density at radius 2 is 2.17 bits per heavy atom. The van der Waals surface area contributed by atoms with Gasteiger partial charge in [-0.05, 0) is 38.1 Å². The van der Waals surface area contributed by atoms with Gasteiger partial charge < -0.3 is 19.2 Å². The second-order valence-corrected chi connectivity index (χ2v) is 7.24. The Morgan fingerprint density at radius 1 is 1.33 bits per heavy atom. The third-order valence-electron chi connectivity index (χ3n) is 4.86. The summed E-state index contributed by atoms with van der Waals surface area (Å²) in [6, 6.07) is 6.17. The van der Waals surface area contributed by atoms with Gasteiger partial charge in [0.2, 0.25) is 0 Å². The predicted octanol–water partition coefficient (Wildman–Crippen LogP) is 3.37. The number of furan rings is 1. The summed E-state index contributed by atoms with van der Waals surface area (Å²) < 4.78 is 30.8. The van der Waals surface area contributed by atoms with E-state index in [2.05, 4.69) is 15.3 Å². The first kappa shape index (κ1) is 20.0. The van der Waals surface area contributed by atoms with Crippen LogP contribution in [-0.4, -0.2) is 35.6 Å². The summed E-state index contributed by atoms with van der Waals surface area (Å²) in [7, 11) is 1.55. The number of aryl methyl sites for hydroxylation is 2. The number of aromatic nitrogens is 2. The molecule has 0 radical (unpaired) electrons. The van der Waals surface area contributed by atoms with Gasteiger partial charge in [-0.1, -0.05) is 0 Å². The zero-order chi connectivity index (χ0) is 21.3. The molecule has 0 spiro atoms. The maximum absolute atomic E-state index is 14.3. The molecule has 1 atom stereocenters. The molecule has 3 heterocycles. The van der Waals surface area contributed by atoms with Crippen LogP contribution in [-0.2, 0) is 17.8 Å². The molecular weight excluding hydrogens is 389 g/mol. The smallest absolute Gasteiger partial charge is 0.287 e. The van der Waals surface area contributed by atoms with Crippen molar-refractivity contribution in [1.29, 1.82) is 0 Å². The van der Waals surface area contributed by atoms with E-state index in [0.717, 1.165) is 11.3 Å². The van der Waals surface area contributed by atoms with Crippen LogP contribution in [0.5, 0.6) is 5.75 Å². The monoisotopic (exact) mass is 411 g/mol. The lowest BCUT2D eigenvalue weighted by Crippen LogP contribution is -2.34. The first-order valence-electron chi connectivity index (χ1n) is 9.60. The molecule has 2 aromatic heterocycles. The molecule has 0 saturated carbocycles. The Kier molecular flexibility index (Phi) is 5.50. The highest BCUT2D eigenvalue weighted by molar-refractivity contribution is 5.91. The molecule has 1 amide bonds. The van der Waals surface area contributed by atoms with Crippen LogP contribution in [0, 0.1) is 19.7 Å². The number of methoxy groups -OCH3 is 1. The van der Waals surface area contributed by atoms with Crippen LogP contribution >= 0.6 is 0 Å². The molecule has 30 heavy (non-hydrogen) atoms. The normalized spacial score (nSPS) is 15.0. The number of ether oxygens (including phenoxy) is 2. The zero-order valence-electron chi connectivity index (χ0n) is 17.0. The third-order valence-corrected chi connectivity index (χ3v) is 4.86. The van der Waals surface area contributed by atoms with Gasteiger partial charge in [0, 0.05) is 30.9 Å². The number of carbonyl (C=O) groups excluding carboxylic acids is 1. The lowest BCUT2D eigenvalue weighted by molar-refractivity contribution is 0.0897. The Balaban J connectivity index is 1.49. The molecule has 156 valence electrons. The number of nitrogens with one attached hydrogen (secondary N) is 1. The molecule has 3 aromatic rings. The first-order valence-corrected chi connectivity index (χ1v) is 9.60. The van der Waals surface area contributed by atoms with Crippen LogP contribution in [0.15, 0.2) is 34.9 Å². The minimum atomic E-state index is -0.360. The second kappa shape index (κ2) is 8.23. The lowest BCUT2D eigenvalue weighted by atomic mass is 10.0. The van der Waals surface area contributed by atoms with Crippen molar-refractivity contribution in [3.05, 3.63) is 64.8 Å². The topological polar surface area (TPSA) is 86.5 Å². The van der Waals surface area contributed by atoms with Gasteiger partial charge in [-0.15, -0.1) is 0 Å². The minimum Gasteiger partial charge on any atom is -0.487 e. The van der Waals surface area contributed by atoms with Gasteiger partial charge in [-0.3, -0.25) is 9.78 Å². The number of nitrogens with zero attached hydrogens (tertiary/aromatic N) is 2. The molecule has 0 aliphatic carbocycles. The maximum Gasteiger partial charge on any atom is 0.287 e. The van der Waals surface area contributed by atoms with Crippen molar-refractivity contribution in [2.45, 2.75) is 33.0 Å². The number of rotatable bonds is 6. The highest BCUT2D eigenvalue weighted by atomic mass is 19.1. The number of hydrogen-bond donors (Lipinski definition) is 1. The molecule has 7 nitrogen and oxygen atoms in total. The van der Waals surface area contributed by atoms with Gasteiger partial charge in [0.1, 0.15) is 30.0 Å². The fourth-order valence-corrected chi connectivity index (χ4v) is 3.49. The SMILES string of the molecule is COCc1ccc(C(=O)NCC2Cc3cc(F)cc(-c4nc(C)cnc4C)c3O2)o1. The van der Waals surface area contributed by atoms with Crippen molar-refractivity contribution in [2.24, 2.45) is 0 Å². The van der Waals surface area contributed by atoms with Crippen LogP contribution < -0.4 is 10.1 Å². The minimum absolute atomic E-state index is 0.204. The van der Waals surface area contributed by atoms with E-state index < -0.39 is 0 Å². The van der Waals surface area contributed by atoms with Crippen molar-refractivity contribution < 1.29 is 23.1 Å². The van der Waals surface area contributed by atoms with Crippen molar-refractivity contribution >= 4 is 5.91 Å². The van der Waals surface area contributed by atoms with Gasteiger partial charge >= 0.3 is 0 Å². The number of halogens is 1. The summed E-state index contributed by atoms with van der Waals surface area (Å²) in [6.07, 6.45) is 1.83. The molecule has 1 N–H and O–H groups in total. The first-order chi connectivity index (χ1) is 14.4. The maximum atomic E-state index is 14.3. The van der Waals surface area contributed by atoms with Gasteiger partial charge in [0.25, 0.3) is 5.91 Å². The second-order valence-electron chi connectivity index (χ2n) is 7.24. The molecule has 0 bridgehead atoms. The Bertz CT molecular complexity index is 1100. The third kappa shape index (κ3) is 4.04. The van der Waals surface area contributed by atoms with Crippen LogP contribution in [0.4, 0.5) is 4.39 Å². The fourth-order valence-electron chi connectivity index (χ4n) is 3.49. The van der Waals surface area contributed by atoms with Crippen LogP contribution in [0.3, 0.4) is 0 Å². The Labute approximate surface area is 173 Å². The zero-order valence-corrected chi connectivity index (χ0v) is 17.0. The Morgan fingerprint density at radius 3 is 2.97 bits per heavy atom. The van der Waals surface area contributed by atoms with E-state index >= 15 is 0 Å². The van der Waals surface area contributed by atoms with Crippen molar-refractivity contribution in [3.63, 3.8) is 0 Å². The lowest BCUT2D eigenvalue weighted by Gasteiger charge is -2.14. The molecule has 1 aromatic carbocycles. The molecule has 1 aliphatic heterocycles. The summed E-state index contributed by atoms with van der Waals surface area (Å²) in [5.74, 6) is 0.653. The molecule has 1 aliphatic rings. The van der Waals surface area contributed by atoms with E-state index in [0.29, 0.717) is 41.5 Å². The molecule has 4 rings (SSSR count). The fraction of sp³-hybridized carbons (Fsp3) is 0.318. The quantitative estimate of drug-likeness (QED) is 0.669. The van der Waals surface area contributed by atoms with Gasteiger partial charge in [0.05, 0.1) is 23.6 Å². The van der Waals surface area contributed by atoms with Crippen LogP contribution in [0.1, 0.15) is 33.3 Å². The van der Waals surface area contributed by atoms with Crippen LogP contribution in [0.2, 0.25) is 0 Å². The summed E-state index contributed by atoms with van der Waals surface area (Å²) >= 11 is 0. The largest absolute Gasteiger partial charge is 0.487 e. The summed E-state index contributed by atoms with van der Waals surface area (Å²) in [5.41, 5.74) is 3.34. The highest BCUT2D eigenvalue weighted by Gasteiger charge is 2.29. The van der Waals surface area contributed by atoms with E-state index in [1.54, 1.807) is 25.4 Å². The molecular formula is C22H22FN3O4. The number of amides is 1. The summed E-state index contributed by atoms with van der Waals surface area (Å²) in [6.45, 7) is 4.21. The molecule has 8 heteroatoms.